The molecule has 0 aromatic carbocycles. The molecule has 3 rings (SSSR count). The van der Waals surface area contributed by atoms with Crippen molar-refractivity contribution in [2.45, 2.75) is 57.9 Å². The summed E-state index contributed by atoms with van der Waals surface area (Å²) in [7, 11) is 1.80. The van der Waals surface area contributed by atoms with E-state index in [2.05, 4.69) is 31.6 Å². The van der Waals surface area contributed by atoms with Crippen molar-refractivity contribution < 1.29 is 4.79 Å². The normalized spacial score (nSPS) is 20.7. The van der Waals surface area contributed by atoms with Gasteiger partial charge in [0.1, 0.15) is 5.82 Å². The Hall–Kier alpha value is -2.31. The second-order valence-electron chi connectivity index (χ2n) is 8.32. The minimum atomic E-state index is -0.215. The molecule has 2 heterocycles. The van der Waals surface area contributed by atoms with Gasteiger partial charge in [0, 0.05) is 45.0 Å². The summed E-state index contributed by atoms with van der Waals surface area (Å²) >= 11 is 0. The minimum absolute atomic E-state index is 0.0964. The summed E-state index contributed by atoms with van der Waals surface area (Å²) in [4.78, 5) is 22.7. The van der Waals surface area contributed by atoms with Gasteiger partial charge in [-0.15, -0.1) is 0 Å². The van der Waals surface area contributed by atoms with Crippen LogP contribution < -0.4 is 21.3 Å². The number of hydrogen-bond donors (Lipinski definition) is 3. The van der Waals surface area contributed by atoms with Crippen LogP contribution in [-0.2, 0) is 11.3 Å². The number of aromatic nitrogens is 1. The van der Waals surface area contributed by atoms with E-state index in [9.17, 15) is 4.79 Å². The third kappa shape index (κ3) is 6.34. The van der Waals surface area contributed by atoms with Crippen LogP contribution in [0.4, 0.5) is 5.82 Å². The summed E-state index contributed by atoms with van der Waals surface area (Å²) in [5, 5.41) is 6.84. The molecule has 1 aliphatic heterocycles. The first-order chi connectivity index (χ1) is 14.2. The first kappa shape index (κ1) is 21.4. The third-order valence-corrected chi connectivity index (χ3v) is 6.22. The molecule has 2 aliphatic rings. The number of guanidine groups is 1. The number of anilines is 1. The number of primary amides is 1. The summed E-state index contributed by atoms with van der Waals surface area (Å²) in [5.74, 6) is 2.37. The molecule has 1 unspecified atom stereocenters. The Bertz CT molecular complexity index is 686. The maximum Gasteiger partial charge on any atom is 0.222 e. The number of amides is 1. The van der Waals surface area contributed by atoms with Crippen LogP contribution >= 0.6 is 0 Å². The van der Waals surface area contributed by atoms with Crippen LogP contribution in [0.15, 0.2) is 23.3 Å². The van der Waals surface area contributed by atoms with Crippen LogP contribution in [0.2, 0.25) is 0 Å². The Morgan fingerprint density at radius 3 is 2.86 bits per heavy atom. The number of nitrogens with one attached hydrogen (secondary N) is 2. The van der Waals surface area contributed by atoms with E-state index in [0.29, 0.717) is 13.1 Å². The molecule has 1 atom stereocenters. The van der Waals surface area contributed by atoms with Gasteiger partial charge in [-0.1, -0.05) is 31.7 Å². The second-order valence-corrected chi connectivity index (χ2v) is 8.32. The third-order valence-electron chi connectivity index (χ3n) is 6.22. The molecular formula is C22H36N6O. The molecule has 1 amide bonds. The Morgan fingerprint density at radius 2 is 2.10 bits per heavy atom. The van der Waals surface area contributed by atoms with E-state index in [1.54, 1.807) is 7.05 Å². The number of aliphatic imine (C=N–C) groups is 1. The van der Waals surface area contributed by atoms with Crippen LogP contribution in [0.3, 0.4) is 0 Å². The van der Waals surface area contributed by atoms with Crippen molar-refractivity contribution in [2.75, 3.05) is 31.6 Å². The van der Waals surface area contributed by atoms with Crippen molar-refractivity contribution >= 4 is 17.7 Å². The first-order valence-electron chi connectivity index (χ1n) is 11.1. The number of carbonyl (C=O) groups excluding carboxylic acids is 1. The molecule has 1 aromatic heterocycles. The second kappa shape index (κ2) is 11.0. The van der Waals surface area contributed by atoms with E-state index in [1.165, 1.54) is 38.5 Å². The smallest absolute Gasteiger partial charge is 0.222 e. The molecule has 0 radical (unpaired) electrons. The van der Waals surface area contributed by atoms with Crippen LogP contribution in [0, 0.1) is 11.8 Å². The molecule has 160 valence electrons. The van der Waals surface area contributed by atoms with E-state index in [1.807, 2.05) is 12.3 Å². The van der Waals surface area contributed by atoms with Crippen molar-refractivity contribution in [3.05, 3.63) is 23.9 Å². The van der Waals surface area contributed by atoms with Crippen LogP contribution in [0.5, 0.6) is 0 Å². The van der Waals surface area contributed by atoms with E-state index in [-0.39, 0.29) is 11.8 Å². The van der Waals surface area contributed by atoms with Gasteiger partial charge in [0.2, 0.25) is 5.91 Å². The summed E-state index contributed by atoms with van der Waals surface area (Å²) in [6.45, 7) is 3.14. The van der Waals surface area contributed by atoms with E-state index in [0.717, 1.165) is 49.2 Å². The lowest BCUT2D eigenvalue weighted by molar-refractivity contribution is -0.122. The van der Waals surface area contributed by atoms with E-state index in [4.69, 9.17) is 5.73 Å². The van der Waals surface area contributed by atoms with Gasteiger partial charge in [0.15, 0.2) is 5.96 Å². The van der Waals surface area contributed by atoms with Gasteiger partial charge in [-0.2, -0.15) is 0 Å². The van der Waals surface area contributed by atoms with Crippen LogP contribution in [0.1, 0.15) is 56.9 Å². The fraction of sp³-hybridized carbons (Fsp3) is 0.682. The number of carbonyl (C=O) groups is 1. The topological polar surface area (TPSA) is 95.6 Å². The zero-order valence-corrected chi connectivity index (χ0v) is 17.7. The molecule has 29 heavy (non-hydrogen) atoms. The highest BCUT2D eigenvalue weighted by Crippen LogP contribution is 2.28. The molecule has 0 bridgehead atoms. The lowest BCUT2D eigenvalue weighted by Gasteiger charge is -2.33. The number of nitrogens with zero attached hydrogens (tertiary/aromatic N) is 3. The lowest BCUT2D eigenvalue weighted by Crippen LogP contribution is -2.42. The highest BCUT2D eigenvalue weighted by atomic mass is 16.1. The van der Waals surface area contributed by atoms with Gasteiger partial charge in [0.05, 0.1) is 5.92 Å². The van der Waals surface area contributed by atoms with Crippen molar-refractivity contribution in [1.29, 1.82) is 0 Å². The van der Waals surface area contributed by atoms with Crippen molar-refractivity contribution in [2.24, 2.45) is 22.6 Å². The van der Waals surface area contributed by atoms with Gasteiger partial charge in [-0.25, -0.2) is 4.98 Å². The number of piperidine rings is 1. The monoisotopic (exact) mass is 400 g/mol. The molecule has 1 saturated carbocycles. The maximum atomic E-state index is 11.6. The van der Waals surface area contributed by atoms with Crippen molar-refractivity contribution in [1.82, 2.24) is 15.6 Å². The highest BCUT2D eigenvalue weighted by molar-refractivity contribution is 5.80. The fourth-order valence-electron chi connectivity index (χ4n) is 4.55. The highest BCUT2D eigenvalue weighted by Gasteiger charge is 2.26. The summed E-state index contributed by atoms with van der Waals surface area (Å²) in [5.41, 5.74) is 6.64. The van der Waals surface area contributed by atoms with E-state index < -0.39 is 0 Å². The SMILES string of the molecule is CN=C(NCCCC1CCCC1)NCc1cccnc1N1CCCC(C(N)=O)C1. The molecule has 1 aliphatic carbocycles. The minimum Gasteiger partial charge on any atom is -0.369 e. The largest absolute Gasteiger partial charge is 0.369 e. The van der Waals surface area contributed by atoms with Gasteiger partial charge in [0.25, 0.3) is 0 Å². The average Bonchev–Trinajstić information content (AvgIpc) is 3.27. The molecule has 2 fully saturated rings. The first-order valence-corrected chi connectivity index (χ1v) is 11.1. The quantitative estimate of drug-likeness (QED) is 0.354. The van der Waals surface area contributed by atoms with Crippen molar-refractivity contribution in [3.63, 3.8) is 0 Å². The number of rotatable bonds is 8. The van der Waals surface area contributed by atoms with Gasteiger partial charge < -0.3 is 21.3 Å². The summed E-state index contributed by atoms with van der Waals surface area (Å²) in [6, 6.07) is 4.03. The zero-order valence-electron chi connectivity index (χ0n) is 17.7. The Labute approximate surface area is 174 Å². The van der Waals surface area contributed by atoms with Gasteiger partial charge >= 0.3 is 0 Å². The molecule has 7 heteroatoms. The molecule has 1 aromatic rings. The van der Waals surface area contributed by atoms with E-state index >= 15 is 0 Å². The predicted octanol–water partition coefficient (Wildman–Crippen LogP) is 2.42. The van der Waals surface area contributed by atoms with Gasteiger partial charge in [-0.3, -0.25) is 9.79 Å². The predicted molar refractivity (Wildman–Crippen MR) is 118 cm³/mol. The molecule has 1 saturated heterocycles. The number of nitrogens with two attached hydrogens (primary N) is 1. The van der Waals surface area contributed by atoms with Crippen LogP contribution in [-0.4, -0.2) is 43.5 Å². The number of hydrogen-bond acceptors (Lipinski definition) is 4. The Morgan fingerprint density at radius 1 is 1.28 bits per heavy atom. The van der Waals surface area contributed by atoms with Gasteiger partial charge in [-0.05, 0) is 37.7 Å². The summed E-state index contributed by atoms with van der Waals surface area (Å²) in [6.07, 6.45) is 11.8. The number of pyridine rings is 1. The maximum absolute atomic E-state index is 11.6. The summed E-state index contributed by atoms with van der Waals surface area (Å²) < 4.78 is 0. The Kier molecular flexibility index (Phi) is 8.14. The average molecular weight is 401 g/mol. The Balaban J connectivity index is 1.49. The molecule has 4 N–H and O–H groups in total. The van der Waals surface area contributed by atoms with Crippen LogP contribution in [0.25, 0.3) is 0 Å². The molecule has 0 spiro atoms. The fourth-order valence-corrected chi connectivity index (χ4v) is 4.55. The molecular weight excluding hydrogens is 364 g/mol. The lowest BCUT2D eigenvalue weighted by atomic mass is 9.97. The van der Waals surface area contributed by atoms with Crippen molar-refractivity contribution in [3.8, 4) is 0 Å². The standard InChI is InChI=1S/C22H36N6O/c1-24-22(26-13-4-9-17-7-2-3-8-17)27-15-18-10-5-12-25-21(18)28-14-6-11-19(16-28)20(23)29/h5,10,12,17,19H,2-4,6-9,11,13-16H2,1H3,(H2,23,29)(H2,24,26,27). The molecule has 7 nitrogen and oxygen atoms in total. The zero-order chi connectivity index (χ0) is 20.5.